The minimum absolute atomic E-state index is 0.0750. The lowest BCUT2D eigenvalue weighted by molar-refractivity contribution is 0.0376. The van der Waals surface area contributed by atoms with Crippen molar-refractivity contribution in [3.8, 4) is 0 Å². The van der Waals surface area contributed by atoms with Crippen molar-refractivity contribution in [1.29, 1.82) is 0 Å². The Kier molecular flexibility index (Phi) is 6.44. The number of thiazole rings is 1. The molecule has 3 heterocycles. The highest BCUT2D eigenvalue weighted by molar-refractivity contribution is 7.23. The third-order valence-electron chi connectivity index (χ3n) is 5.70. The van der Waals surface area contributed by atoms with Crippen molar-refractivity contribution in [3.63, 3.8) is 0 Å². The van der Waals surface area contributed by atoms with Crippen LogP contribution in [0.15, 0.2) is 42.5 Å². The number of hydrogen-bond acceptors (Lipinski definition) is 6. The molecule has 0 bridgehead atoms. The van der Waals surface area contributed by atoms with E-state index in [0.717, 1.165) is 64.7 Å². The molecule has 1 fully saturated rings. The van der Waals surface area contributed by atoms with Gasteiger partial charge >= 0.3 is 0 Å². The van der Waals surface area contributed by atoms with Gasteiger partial charge < -0.3 is 4.74 Å². The molecular weight excluding hydrogens is 462 g/mol. The van der Waals surface area contributed by atoms with Crippen LogP contribution < -0.4 is 4.90 Å². The lowest BCUT2D eigenvalue weighted by atomic mass is 10.2. The monoisotopic (exact) mass is 485 g/mol. The van der Waals surface area contributed by atoms with Crippen molar-refractivity contribution in [2.24, 2.45) is 0 Å². The molecule has 5 rings (SSSR count). The average Bonchev–Trinajstić information content (AvgIpc) is 3.38. The Bertz CT molecular complexity index is 1260. The number of benzene rings is 2. The minimum atomic E-state index is -0.0750. The van der Waals surface area contributed by atoms with E-state index < -0.39 is 0 Å². The zero-order valence-electron chi connectivity index (χ0n) is 17.8. The molecule has 166 valence electrons. The molecule has 0 spiro atoms. The number of aryl methyl sites for hydroxylation is 1. The summed E-state index contributed by atoms with van der Waals surface area (Å²) in [6, 6.07) is 14.1. The number of hydrogen-bond donors (Lipinski definition) is 0. The van der Waals surface area contributed by atoms with Crippen molar-refractivity contribution in [1.82, 2.24) is 9.88 Å². The number of nitrogens with zero attached hydrogens (tertiary/aromatic N) is 3. The summed E-state index contributed by atoms with van der Waals surface area (Å²) in [6.07, 6.45) is 0.864. The van der Waals surface area contributed by atoms with E-state index in [1.165, 1.54) is 16.9 Å². The summed E-state index contributed by atoms with van der Waals surface area (Å²) in [6.45, 7) is 7.03. The normalized spacial score (nSPS) is 14.9. The molecule has 0 unspecified atom stereocenters. The Morgan fingerprint density at radius 1 is 1.16 bits per heavy atom. The first-order chi connectivity index (χ1) is 15.6. The lowest BCUT2D eigenvalue weighted by Crippen LogP contribution is -2.39. The zero-order valence-corrected chi connectivity index (χ0v) is 20.2. The average molecular weight is 486 g/mol. The Morgan fingerprint density at radius 2 is 1.97 bits per heavy atom. The van der Waals surface area contributed by atoms with Crippen LogP contribution in [0.5, 0.6) is 0 Å². The van der Waals surface area contributed by atoms with Gasteiger partial charge in [-0.15, -0.1) is 11.3 Å². The van der Waals surface area contributed by atoms with Crippen molar-refractivity contribution < 1.29 is 9.53 Å². The van der Waals surface area contributed by atoms with Crippen LogP contribution in [-0.2, 0) is 4.74 Å². The van der Waals surface area contributed by atoms with Crippen molar-refractivity contribution in [2.75, 3.05) is 44.3 Å². The Hall–Kier alpha value is -2.03. The van der Waals surface area contributed by atoms with Crippen molar-refractivity contribution in [3.05, 3.63) is 57.9 Å². The van der Waals surface area contributed by atoms with Crippen LogP contribution in [0.25, 0.3) is 20.3 Å². The molecule has 0 atom stereocenters. The number of ether oxygens (including phenoxy) is 1. The van der Waals surface area contributed by atoms with Gasteiger partial charge in [0.05, 0.1) is 28.5 Å². The zero-order chi connectivity index (χ0) is 22.1. The molecule has 0 radical (unpaired) electrons. The molecule has 1 amide bonds. The van der Waals surface area contributed by atoms with Crippen molar-refractivity contribution in [2.45, 2.75) is 13.3 Å². The summed E-state index contributed by atoms with van der Waals surface area (Å²) < 4.78 is 7.56. The molecule has 4 aromatic rings. The van der Waals surface area contributed by atoms with Crippen LogP contribution in [0.4, 0.5) is 5.13 Å². The summed E-state index contributed by atoms with van der Waals surface area (Å²) in [5.74, 6) is -0.0750. The molecule has 8 heteroatoms. The number of anilines is 1. The number of fused-ring (bicyclic) bond motifs is 2. The maximum atomic E-state index is 13.7. The van der Waals surface area contributed by atoms with Crippen LogP contribution in [-0.4, -0.2) is 55.2 Å². The molecule has 0 N–H and O–H groups in total. The Labute approximate surface area is 200 Å². The second-order valence-corrected chi connectivity index (χ2v) is 10.4. The molecular formula is C24H24ClN3O2S2. The lowest BCUT2D eigenvalue weighted by Gasteiger charge is -2.27. The van der Waals surface area contributed by atoms with Gasteiger partial charge in [0, 0.05) is 36.3 Å². The van der Waals surface area contributed by atoms with Crippen LogP contribution in [0, 0.1) is 6.92 Å². The highest BCUT2D eigenvalue weighted by Crippen LogP contribution is 2.38. The highest BCUT2D eigenvalue weighted by atomic mass is 35.5. The Morgan fingerprint density at radius 3 is 2.78 bits per heavy atom. The van der Waals surface area contributed by atoms with Gasteiger partial charge in [0.2, 0.25) is 0 Å². The molecule has 0 saturated carbocycles. The van der Waals surface area contributed by atoms with Crippen molar-refractivity contribution >= 4 is 65.6 Å². The van der Waals surface area contributed by atoms with E-state index in [4.69, 9.17) is 21.3 Å². The topological polar surface area (TPSA) is 45.7 Å². The number of rotatable bonds is 6. The highest BCUT2D eigenvalue weighted by Gasteiger charge is 2.26. The summed E-state index contributed by atoms with van der Waals surface area (Å²) in [7, 11) is 0. The van der Waals surface area contributed by atoms with Crippen LogP contribution in [0.1, 0.15) is 21.7 Å². The van der Waals surface area contributed by atoms with Gasteiger partial charge in [0.1, 0.15) is 4.88 Å². The quantitative estimate of drug-likeness (QED) is 0.344. The van der Waals surface area contributed by atoms with E-state index in [9.17, 15) is 4.79 Å². The van der Waals surface area contributed by atoms with Crippen LogP contribution >= 0.6 is 34.3 Å². The number of halogens is 1. The molecule has 5 nitrogen and oxygen atoms in total. The number of amides is 1. The van der Waals surface area contributed by atoms with E-state index in [-0.39, 0.29) is 5.91 Å². The van der Waals surface area contributed by atoms with Gasteiger partial charge in [-0.1, -0.05) is 47.2 Å². The maximum Gasteiger partial charge on any atom is 0.271 e. The first-order valence-corrected chi connectivity index (χ1v) is 12.8. The molecule has 1 saturated heterocycles. The third-order valence-corrected chi connectivity index (χ3v) is 8.40. The van der Waals surface area contributed by atoms with Gasteiger partial charge in [-0.2, -0.15) is 0 Å². The molecule has 2 aromatic carbocycles. The van der Waals surface area contributed by atoms with E-state index in [2.05, 4.69) is 24.0 Å². The fourth-order valence-electron chi connectivity index (χ4n) is 3.97. The van der Waals surface area contributed by atoms with Gasteiger partial charge in [0.25, 0.3) is 5.91 Å². The molecule has 1 aliphatic rings. The van der Waals surface area contributed by atoms with Gasteiger partial charge in [0.15, 0.2) is 5.13 Å². The first-order valence-electron chi connectivity index (χ1n) is 10.8. The number of aromatic nitrogens is 1. The fourth-order valence-corrected chi connectivity index (χ4v) is 6.52. The number of morpholine rings is 1. The third kappa shape index (κ3) is 4.40. The van der Waals surface area contributed by atoms with E-state index >= 15 is 0 Å². The SMILES string of the molecule is Cc1ccc2nc(N(CCCN3CCOCC3)C(=O)c3sc4ccccc4c3Cl)sc2c1. The number of thiophene rings is 1. The second kappa shape index (κ2) is 9.45. The summed E-state index contributed by atoms with van der Waals surface area (Å²) in [5.41, 5.74) is 2.11. The number of carbonyl (C=O) groups is 1. The summed E-state index contributed by atoms with van der Waals surface area (Å²) in [4.78, 5) is 23.3. The van der Waals surface area contributed by atoms with Gasteiger partial charge in [-0.05, 0) is 37.1 Å². The van der Waals surface area contributed by atoms with E-state index in [1.54, 1.807) is 11.3 Å². The first kappa shape index (κ1) is 21.8. The molecule has 2 aromatic heterocycles. The predicted octanol–water partition coefficient (Wildman–Crippen LogP) is 5.84. The largest absolute Gasteiger partial charge is 0.379 e. The van der Waals surface area contributed by atoms with E-state index in [0.29, 0.717) is 16.4 Å². The summed E-state index contributed by atoms with van der Waals surface area (Å²) in [5, 5.41) is 2.19. The van der Waals surface area contributed by atoms with Gasteiger partial charge in [-0.25, -0.2) is 4.98 Å². The molecule has 0 aliphatic carbocycles. The van der Waals surface area contributed by atoms with E-state index in [1.807, 2.05) is 35.2 Å². The predicted molar refractivity (Wildman–Crippen MR) is 135 cm³/mol. The molecule has 1 aliphatic heterocycles. The molecule has 32 heavy (non-hydrogen) atoms. The van der Waals surface area contributed by atoms with Gasteiger partial charge in [-0.3, -0.25) is 14.6 Å². The van der Waals surface area contributed by atoms with Crippen LogP contribution in [0.3, 0.4) is 0 Å². The fraction of sp³-hybridized carbons (Fsp3) is 0.333. The maximum absolute atomic E-state index is 13.7. The number of carbonyl (C=O) groups excluding carboxylic acids is 1. The Balaban J connectivity index is 1.45. The van der Waals surface area contributed by atoms with Crippen LogP contribution in [0.2, 0.25) is 5.02 Å². The smallest absolute Gasteiger partial charge is 0.271 e. The minimum Gasteiger partial charge on any atom is -0.379 e. The standard InChI is InChI=1S/C24H24ClN3O2S2/c1-16-7-8-18-20(15-16)32-24(26-18)28(10-4-9-27-11-13-30-14-12-27)23(29)22-21(25)17-5-2-3-6-19(17)31-22/h2-3,5-8,15H,4,9-14H2,1H3. The second-order valence-electron chi connectivity index (χ2n) is 7.97. The summed E-state index contributed by atoms with van der Waals surface area (Å²) >= 11 is 9.68.